The molecule has 1 amide bonds. The first-order valence-corrected chi connectivity index (χ1v) is 6.69. The highest BCUT2D eigenvalue weighted by Crippen LogP contribution is 2.20. The summed E-state index contributed by atoms with van der Waals surface area (Å²) in [4.78, 5) is 11.5. The Hall–Kier alpha value is -1.03. The number of rotatable bonds is 6. The van der Waals surface area contributed by atoms with E-state index in [1.165, 1.54) is 0 Å². The number of hydrogen-bond acceptors (Lipinski definition) is 2. The zero-order chi connectivity index (χ0) is 12.8. The molecular formula is C13H19BrN2O. The van der Waals surface area contributed by atoms with E-state index in [9.17, 15) is 4.79 Å². The number of amides is 1. The van der Waals surface area contributed by atoms with Crippen LogP contribution in [-0.2, 0) is 4.79 Å². The summed E-state index contributed by atoms with van der Waals surface area (Å²) in [6.07, 6.45) is 1.88. The van der Waals surface area contributed by atoms with Gasteiger partial charge in [0.25, 0.3) is 0 Å². The first-order chi connectivity index (χ1) is 8.08. The molecule has 0 spiro atoms. The van der Waals surface area contributed by atoms with Crippen LogP contribution < -0.4 is 11.1 Å². The molecule has 0 bridgehead atoms. The van der Waals surface area contributed by atoms with Gasteiger partial charge in [-0.1, -0.05) is 42.6 Å². The molecule has 4 heteroatoms. The molecule has 0 saturated carbocycles. The Balaban J connectivity index is 2.79. The lowest BCUT2D eigenvalue weighted by Gasteiger charge is -2.24. The van der Waals surface area contributed by atoms with Crippen LogP contribution in [0.25, 0.3) is 0 Å². The summed E-state index contributed by atoms with van der Waals surface area (Å²) in [7, 11) is 0. The van der Waals surface area contributed by atoms with Crippen molar-refractivity contribution >= 4 is 27.5 Å². The molecule has 0 saturated heterocycles. The normalized spacial score (nSPS) is 12.5. The first-order valence-electron chi connectivity index (χ1n) is 5.89. The van der Waals surface area contributed by atoms with Crippen LogP contribution >= 0.6 is 15.9 Å². The van der Waals surface area contributed by atoms with Gasteiger partial charge in [-0.15, -0.1) is 0 Å². The number of benzene rings is 1. The van der Waals surface area contributed by atoms with Gasteiger partial charge in [0.1, 0.15) is 6.04 Å². The predicted molar refractivity (Wildman–Crippen MR) is 74.8 cm³/mol. The first kappa shape index (κ1) is 14.0. The molecular weight excluding hydrogens is 280 g/mol. The second kappa shape index (κ2) is 6.64. The summed E-state index contributed by atoms with van der Waals surface area (Å²) >= 11 is 3.38. The van der Waals surface area contributed by atoms with Crippen LogP contribution in [0, 0.1) is 5.92 Å². The van der Waals surface area contributed by atoms with E-state index in [0.717, 1.165) is 23.0 Å². The maximum absolute atomic E-state index is 11.5. The minimum absolute atomic E-state index is 0.274. The lowest BCUT2D eigenvalue weighted by molar-refractivity contribution is -0.119. The Labute approximate surface area is 111 Å². The van der Waals surface area contributed by atoms with Crippen molar-refractivity contribution < 1.29 is 4.79 Å². The molecule has 17 heavy (non-hydrogen) atoms. The second-order valence-electron chi connectivity index (χ2n) is 4.11. The van der Waals surface area contributed by atoms with Gasteiger partial charge < -0.3 is 11.1 Å². The van der Waals surface area contributed by atoms with Crippen LogP contribution in [0.1, 0.15) is 26.7 Å². The van der Waals surface area contributed by atoms with Crippen molar-refractivity contribution in [3.63, 3.8) is 0 Å². The molecule has 0 radical (unpaired) electrons. The van der Waals surface area contributed by atoms with Crippen LogP contribution in [-0.4, -0.2) is 11.9 Å². The molecule has 0 heterocycles. The molecule has 94 valence electrons. The van der Waals surface area contributed by atoms with E-state index in [2.05, 4.69) is 35.1 Å². The number of hydrogen-bond donors (Lipinski definition) is 2. The van der Waals surface area contributed by atoms with Gasteiger partial charge in [0, 0.05) is 10.2 Å². The third kappa shape index (κ3) is 4.04. The van der Waals surface area contributed by atoms with Crippen LogP contribution in [0.15, 0.2) is 28.7 Å². The van der Waals surface area contributed by atoms with E-state index in [0.29, 0.717) is 0 Å². The van der Waals surface area contributed by atoms with Gasteiger partial charge in [-0.3, -0.25) is 4.79 Å². The minimum Gasteiger partial charge on any atom is -0.373 e. The Morgan fingerprint density at radius 3 is 2.24 bits per heavy atom. The van der Waals surface area contributed by atoms with Crippen molar-refractivity contribution in [2.75, 3.05) is 5.32 Å². The van der Waals surface area contributed by atoms with Gasteiger partial charge >= 0.3 is 0 Å². The average Bonchev–Trinajstić information content (AvgIpc) is 2.31. The van der Waals surface area contributed by atoms with Crippen molar-refractivity contribution in [2.24, 2.45) is 11.7 Å². The van der Waals surface area contributed by atoms with Crippen molar-refractivity contribution in [3.8, 4) is 0 Å². The number of nitrogens with two attached hydrogens (primary N) is 1. The Morgan fingerprint density at radius 2 is 1.82 bits per heavy atom. The summed E-state index contributed by atoms with van der Waals surface area (Å²) in [5, 5.41) is 3.21. The molecule has 0 fully saturated rings. The number of halogens is 1. The molecule has 1 unspecified atom stereocenters. The SMILES string of the molecule is CCC(CC)C(Nc1ccc(Br)cc1)C(N)=O. The number of primary amides is 1. The molecule has 3 nitrogen and oxygen atoms in total. The Kier molecular flexibility index (Phi) is 5.48. The smallest absolute Gasteiger partial charge is 0.240 e. The van der Waals surface area contributed by atoms with Gasteiger partial charge in [-0.2, -0.15) is 0 Å². The monoisotopic (exact) mass is 298 g/mol. The van der Waals surface area contributed by atoms with Crippen LogP contribution in [0.2, 0.25) is 0 Å². The van der Waals surface area contributed by atoms with Gasteiger partial charge in [-0.25, -0.2) is 0 Å². The fourth-order valence-corrected chi connectivity index (χ4v) is 2.17. The molecule has 1 aromatic carbocycles. The summed E-state index contributed by atoms with van der Waals surface area (Å²) in [5.41, 5.74) is 6.38. The van der Waals surface area contributed by atoms with E-state index in [1.54, 1.807) is 0 Å². The van der Waals surface area contributed by atoms with E-state index in [-0.39, 0.29) is 17.9 Å². The second-order valence-corrected chi connectivity index (χ2v) is 5.02. The maximum Gasteiger partial charge on any atom is 0.240 e. The quantitative estimate of drug-likeness (QED) is 0.848. The van der Waals surface area contributed by atoms with Crippen molar-refractivity contribution in [2.45, 2.75) is 32.7 Å². The van der Waals surface area contributed by atoms with E-state index in [4.69, 9.17) is 5.73 Å². The minimum atomic E-state index is -0.300. The van der Waals surface area contributed by atoms with E-state index >= 15 is 0 Å². The maximum atomic E-state index is 11.5. The molecule has 0 aliphatic heterocycles. The van der Waals surface area contributed by atoms with Crippen LogP contribution in [0.3, 0.4) is 0 Å². The summed E-state index contributed by atoms with van der Waals surface area (Å²) in [6, 6.07) is 7.44. The van der Waals surface area contributed by atoms with Gasteiger partial charge in [-0.05, 0) is 30.2 Å². The fraction of sp³-hybridized carbons (Fsp3) is 0.462. The summed E-state index contributed by atoms with van der Waals surface area (Å²) < 4.78 is 1.02. The number of nitrogens with one attached hydrogen (secondary N) is 1. The van der Waals surface area contributed by atoms with Crippen molar-refractivity contribution in [1.82, 2.24) is 0 Å². The zero-order valence-electron chi connectivity index (χ0n) is 10.2. The largest absolute Gasteiger partial charge is 0.373 e. The molecule has 0 aliphatic rings. The molecule has 0 aliphatic carbocycles. The lowest BCUT2D eigenvalue weighted by Crippen LogP contribution is -2.41. The molecule has 1 rings (SSSR count). The van der Waals surface area contributed by atoms with E-state index in [1.807, 2.05) is 24.3 Å². The predicted octanol–water partition coefficient (Wildman–Crippen LogP) is 3.15. The summed E-state index contributed by atoms with van der Waals surface area (Å²) in [5.74, 6) is -0.0160. The van der Waals surface area contributed by atoms with Crippen molar-refractivity contribution in [1.29, 1.82) is 0 Å². The topological polar surface area (TPSA) is 55.1 Å². The zero-order valence-corrected chi connectivity index (χ0v) is 11.8. The number of anilines is 1. The lowest BCUT2D eigenvalue weighted by atomic mass is 9.93. The van der Waals surface area contributed by atoms with Crippen LogP contribution in [0.5, 0.6) is 0 Å². The number of carbonyl (C=O) groups is 1. The highest BCUT2D eigenvalue weighted by atomic mass is 79.9. The standard InChI is InChI=1S/C13H19BrN2O/c1-3-9(4-2)12(13(15)17)16-11-7-5-10(14)6-8-11/h5-9,12,16H,3-4H2,1-2H3,(H2,15,17). The highest BCUT2D eigenvalue weighted by molar-refractivity contribution is 9.10. The fourth-order valence-electron chi connectivity index (χ4n) is 1.91. The Bertz CT molecular complexity index is 360. The average molecular weight is 299 g/mol. The molecule has 0 aromatic heterocycles. The molecule has 1 aromatic rings. The van der Waals surface area contributed by atoms with Crippen LogP contribution in [0.4, 0.5) is 5.69 Å². The van der Waals surface area contributed by atoms with E-state index < -0.39 is 0 Å². The molecule has 3 N–H and O–H groups in total. The summed E-state index contributed by atoms with van der Waals surface area (Å²) in [6.45, 7) is 4.15. The third-order valence-electron chi connectivity index (χ3n) is 2.99. The highest BCUT2D eigenvalue weighted by Gasteiger charge is 2.23. The van der Waals surface area contributed by atoms with Crippen molar-refractivity contribution in [3.05, 3.63) is 28.7 Å². The third-order valence-corrected chi connectivity index (χ3v) is 3.52. The van der Waals surface area contributed by atoms with Gasteiger partial charge in [0.05, 0.1) is 0 Å². The van der Waals surface area contributed by atoms with Gasteiger partial charge in [0.2, 0.25) is 5.91 Å². The van der Waals surface area contributed by atoms with Gasteiger partial charge in [0.15, 0.2) is 0 Å². The molecule has 1 atom stereocenters. The number of carbonyl (C=O) groups excluding carboxylic acids is 1. The Morgan fingerprint density at radius 1 is 1.29 bits per heavy atom.